The van der Waals surface area contributed by atoms with Crippen LogP contribution in [0, 0.1) is 5.41 Å². The first-order chi connectivity index (χ1) is 12.2. The van der Waals surface area contributed by atoms with Crippen LogP contribution in [0.2, 0.25) is 0 Å². The van der Waals surface area contributed by atoms with Crippen molar-refractivity contribution in [2.24, 2.45) is 5.41 Å². The van der Waals surface area contributed by atoms with E-state index in [1.165, 1.54) is 0 Å². The zero-order chi connectivity index (χ0) is 17.1. The van der Waals surface area contributed by atoms with E-state index in [0.717, 1.165) is 77.4 Å². The van der Waals surface area contributed by atoms with Gasteiger partial charge in [-0.2, -0.15) is 0 Å². The molecule has 1 spiro atoms. The molecule has 0 saturated carbocycles. The highest BCUT2D eigenvalue weighted by Crippen LogP contribution is 2.42. The number of morpholine rings is 1. The number of piperidine rings is 1. The van der Waals surface area contributed by atoms with Crippen LogP contribution >= 0.6 is 0 Å². The Hall–Kier alpha value is -1.43. The molecule has 136 valence electrons. The van der Waals surface area contributed by atoms with Crippen LogP contribution in [0.3, 0.4) is 0 Å². The van der Waals surface area contributed by atoms with Gasteiger partial charge in [-0.3, -0.25) is 9.69 Å². The lowest BCUT2D eigenvalue weighted by atomic mass is 9.76. The normalized spacial score (nSPS) is 26.9. The molecule has 1 atom stereocenters. The standard InChI is InChI=1S/C20H28N2O3/c23-19(17-4-2-1-3-5-17)22-8-6-20(7-9-22)14-18(25-16-20)15-21-10-12-24-13-11-21/h1-5,18H,6-16H2/t18-/m1/s1. The van der Waals surface area contributed by atoms with Gasteiger partial charge >= 0.3 is 0 Å². The highest BCUT2D eigenvalue weighted by Gasteiger charge is 2.43. The second kappa shape index (κ2) is 7.44. The summed E-state index contributed by atoms with van der Waals surface area (Å²) in [6, 6.07) is 9.62. The minimum absolute atomic E-state index is 0.166. The summed E-state index contributed by atoms with van der Waals surface area (Å²) < 4.78 is 11.6. The van der Waals surface area contributed by atoms with Crippen LogP contribution in [0.15, 0.2) is 30.3 Å². The molecule has 4 rings (SSSR count). The Bertz CT molecular complexity index is 578. The van der Waals surface area contributed by atoms with E-state index < -0.39 is 0 Å². The van der Waals surface area contributed by atoms with E-state index in [-0.39, 0.29) is 11.3 Å². The number of rotatable bonds is 3. The molecule has 0 unspecified atom stereocenters. The smallest absolute Gasteiger partial charge is 0.253 e. The Labute approximate surface area is 149 Å². The molecule has 1 amide bonds. The van der Waals surface area contributed by atoms with Gasteiger partial charge in [0.25, 0.3) is 5.91 Å². The predicted molar refractivity (Wildman–Crippen MR) is 95.6 cm³/mol. The van der Waals surface area contributed by atoms with Crippen molar-refractivity contribution in [3.8, 4) is 0 Å². The summed E-state index contributed by atoms with van der Waals surface area (Å²) in [6.45, 7) is 7.30. The van der Waals surface area contributed by atoms with Crippen molar-refractivity contribution in [3.63, 3.8) is 0 Å². The Morgan fingerprint density at radius 3 is 2.52 bits per heavy atom. The zero-order valence-electron chi connectivity index (χ0n) is 14.9. The lowest BCUT2D eigenvalue weighted by Gasteiger charge is -2.38. The SMILES string of the molecule is O=C(c1ccccc1)N1CCC2(CC1)CO[C@@H](CN1CCOCC1)C2. The Morgan fingerprint density at radius 2 is 1.80 bits per heavy atom. The van der Waals surface area contributed by atoms with Crippen LogP contribution in [0.5, 0.6) is 0 Å². The van der Waals surface area contributed by atoms with Gasteiger partial charge in [-0.1, -0.05) is 18.2 Å². The highest BCUT2D eigenvalue weighted by molar-refractivity contribution is 5.94. The largest absolute Gasteiger partial charge is 0.379 e. The first-order valence-electron chi connectivity index (χ1n) is 9.50. The average Bonchev–Trinajstić information content (AvgIpc) is 3.05. The molecule has 5 nitrogen and oxygen atoms in total. The fourth-order valence-corrected chi connectivity index (χ4v) is 4.38. The van der Waals surface area contributed by atoms with Gasteiger partial charge in [0, 0.05) is 38.3 Å². The van der Waals surface area contributed by atoms with E-state index in [4.69, 9.17) is 9.47 Å². The molecule has 0 N–H and O–H groups in total. The molecule has 3 saturated heterocycles. The third-order valence-corrected chi connectivity index (χ3v) is 5.98. The molecule has 3 fully saturated rings. The molecule has 0 radical (unpaired) electrons. The van der Waals surface area contributed by atoms with Crippen LogP contribution in [0.1, 0.15) is 29.6 Å². The maximum Gasteiger partial charge on any atom is 0.253 e. The molecule has 5 heteroatoms. The number of hydrogen-bond acceptors (Lipinski definition) is 4. The number of hydrogen-bond donors (Lipinski definition) is 0. The van der Waals surface area contributed by atoms with E-state index in [9.17, 15) is 4.79 Å². The van der Waals surface area contributed by atoms with Gasteiger partial charge in [-0.25, -0.2) is 0 Å². The zero-order valence-corrected chi connectivity index (χ0v) is 14.9. The van der Waals surface area contributed by atoms with Crippen LogP contribution < -0.4 is 0 Å². The molecule has 1 aromatic rings. The molecule has 0 bridgehead atoms. The number of nitrogens with zero attached hydrogens (tertiary/aromatic N) is 2. The molecule has 3 heterocycles. The summed E-state index contributed by atoms with van der Waals surface area (Å²) in [7, 11) is 0. The van der Waals surface area contributed by atoms with Crippen LogP contribution in [-0.4, -0.2) is 74.4 Å². The molecular weight excluding hydrogens is 316 g/mol. The third kappa shape index (κ3) is 3.89. The molecule has 25 heavy (non-hydrogen) atoms. The Morgan fingerprint density at radius 1 is 1.08 bits per heavy atom. The minimum atomic E-state index is 0.166. The number of ether oxygens (including phenoxy) is 2. The van der Waals surface area contributed by atoms with Crippen molar-refractivity contribution in [2.45, 2.75) is 25.4 Å². The topological polar surface area (TPSA) is 42.0 Å². The lowest BCUT2D eigenvalue weighted by Crippen LogP contribution is -2.44. The first-order valence-corrected chi connectivity index (χ1v) is 9.50. The molecule has 3 aliphatic rings. The van der Waals surface area contributed by atoms with Crippen LogP contribution in [-0.2, 0) is 9.47 Å². The number of likely N-dealkylation sites (tertiary alicyclic amines) is 1. The summed E-state index contributed by atoms with van der Waals surface area (Å²) in [4.78, 5) is 17.1. The van der Waals surface area contributed by atoms with Gasteiger partial charge in [-0.15, -0.1) is 0 Å². The van der Waals surface area contributed by atoms with Crippen molar-refractivity contribution in [1.82, 2.24) is 9.80 Å². The van der Waals surface area contributed by atoms with Crippen LogP contribution in [0.4, 0.5) is 0 Å². The van der Waals surface area contributed by atoms with Gasteiger partial charge in [0.1, 0.15) is 0 Å². The summed E-state index contributed by atoms with van der Waals surface area (Å²) in [5.74, 6) is 0.166. The van der Waals surface area contributed by atoms with E-state index in [0.29, 0.717) is 6.10 Å². The van der Waals surface area contributed by atoms with E-state index in [2.05, 4.69) is 4.90 Å². The quantitative estimate of drug-likeness (QED) is 0.841. The number of carbonyl (C=O) groups is 1. The first kappa shape index (κ1) is 17.0. The molecular formula is C20H28N2O3. The number of carbonyl (C=O) groups excluding carboxylic acids is 1. The van der Waals surface area contributed by atoms with E-state index >= 15 is 0 Å². The van der Waals surface area contributed by atoms with Crippen molar-refractivity contribution in [1.29, 1.82) is 0 Å². The molecule has 0 aromatic heterocycles. The Kier molecular flexibility index (Phi) is 5.06. The summed E-state index contributed by atoms with van der Waals surface area (Å²) in [5.41, 5.74) is 1.08. The van der Waals surface area contributed by atoms with E-state index in [1.54, 1.807) is 0 Å². The fraction of sp³-hybridized carbons (Fsp3) is 0.650. The van der Waals surface area contributed by atoms with Crippen molar-refractivity contribution < 1.29 is 14.3 Å². The molecule has 3 aliphatic heterocycles. The lowest BCUT2D eigenvalue weighted by molar-refractivity contribution is 0.00524. The monoisotopic (exact) mass is 344 g/mol. The molecule has 0 aliphatic carbocycles. The van der Waals surface area contributed by atoms with Gasteiger partial charge in [-0.05, 0) is 36.8 Å². The van der Waals surface area contributed by atoms with Crippen LogP contribution in [0.25, 0.3) is 0 Å². The Balaban J connectivity index is 1.29. The van der Waals surface area contributed by atoms with Crippen molar-refractivity contribution in [3.05, 3.63) is 35.9 Å². The van der Waals surface area contributed by atoms with Gasteiger partial charge in [0.15, 0.2) is 0 Å². The van der Waals surface area contributed by atoms with Gasteiger partial charge in [0.2, 0.25) is 0 Å². The van der Waals surface area contributed by atoms with Gasteiger partial charge < -0.3 is 14.4 Å². The minimum Gasteiger partial charge on any atom is -0.379 e. The maximum absolute atomic E-state index is 12.6. The summed E-state index contributed by atoms with van der Waals surface area (Å²) >= 11 is 0. The average molecular weight is 344 g/mol. The van der Waals surface area contributed by atoms with Crippen molar-refractivity contribution in [2.75, 3.05) is 52.5 Å². The van der Waals surface area contributed by atoms with Crippen molar-refractivity contribution >= 4 is 5.91 Å². The second-order valence-electron chi connectivity index (χ2n) is 7.71. The van der Waals surface area contributed by atoms with Gasteiger partial charge in [0.05, 0.1) is 25.9 Å². The fourth-order valence-electron chi connectivity index (χ4n) is 4.38. The maximum atomic E-state index is 12.6. The summed E-state index contributed by atoms with van der Waals surface area (Å²) in [5, 5.41) is 0. The third-order valence-electron chi connectivity index (χ3n) is 5.98. The number of benzene rings is 1. The summed E-state index contributed by atoms with van der Waals surface area (Å²) in [6.07, 6.45) is 3.60. The highest BCUT2D eigenvalue weighted by atomic mass is 16.5. The number of amides is 1. The second-order valence-corrected chi connectivity index (χ2v) is 7.71. The molecule has 1 aromatic carbocycles. The van der Waals surface area contributed by atoms with E-state index in [1.807, 2.05) is 35.2 Å². The predicted octanol–water partition coefficient (Wildman–Crippen LogP) is 2.03.